The van der Waals surface area contributed by atoms with Crippen molar-refractivity contribution in [2.24, 2.45) is 10.9 Å². The van der Waals surface area contributed by atoms with Gasteiger partial charge in [-0.1, -0.05) is 70.9 Å². The van der Waals surface area contributed by atoms with Crippen LogP contribution in [-0.4, -0.2) is 53.4 Å². The van der Waals surface area contributed by atoms with Gasteiger partial charge in [-0.25, -0.2) is 4.79 Å². The number of piperazine rings is 1. The van der Waals surface area contributed by atoms with Crippen molar-refractivity contribution in [1.29, 1.82) is 5.26 Å². The first-order chi connectivity index (χ1) is 21.4. The van der Waals surface area contributed by atoms with Gasteiger partial charge in [0.25, 0.3) is 0 Å². The molecule has 6 nitrogen and oxygen atoms in total. The van der Waals surface area contributed by atoms with Crippen LogP contribution in [-0.2, 0) is 4.74 Å². The van der Waals surface area contributed by atoms with Gasteiger partial charge in [-0.3, -0.25) is 4.99 Å². The fourth-order valence-corrected chi connectivity index (χ4v) is 4.86. The van der Waals surface area contributed by atoms with E-state index in [-0.39, 0.29) is 6.09 Å². The number of hydrogen-bond acceptors (Lipinski definition) is 5. The molecule has 0 aromatic rings. The van der Waals surface area contributed by atoms with Gasteiger partial charge in [-0.15, -0.1) is 0 Å². The monoisotopic (exact) mass is 621 g/mol. The number of ether oxygens (including phenoxy) is 1. The maximum atomic E-state index is 12.4. The van der Waals surface area contributed by atoms with Crippen molar-refractivity contribution in [3.8, 4) is 6.07 Å². The number of carbonyl (C=O) groups is 1. The highest BCUT2D eigenvalue weighted by atomic mass is 16.6. The average Bonchev–Trinajstić information content (AvgIpc) is 3.85. The lowest BCUT2D eigenvalue weighted by Crippen LogP contribution is -2.49. The van der Waals surface area contributed by atoms with E-state index >= 15 is 0 Å². The molecule has 1 saturated carbocycles. The van der Waals surface area contributed by atoms with Crippen molar-refractivity contribution < 1.29 is 9.53 Å². The largest absolute Gasteiger partial charge is 0.444 e. The molecule has 0 radical (unpaired) electrons. The number of allylic oxidation sites excluding steroid dienone is 11. The Morgan fingerprint density at radius 1 is 0.978 bits per heavy atom. The van der Waals surface area contributed by atoms with Crippen LogP contribution in [0.3, 0.4) is 0 Å². The van der Waals surface area contributed by atoms with E-state index in [0.29, 0.717) is 19.0 Å². The third kappa shape index (κ3) is 17.1. The second kappa shape index (κ2) is 23.1. The summed E-state index contributed by atoms with van der Waals surface area (Å²) in [6.45, 7) is 27.6. The normalized spacial score (nSPS) is 17.3. The summed E-state index contributed by atoms with van der Waals surface area (Å²) in [5.41, 5.74) is 6.58. The molecule has 0 aromatic heterocycles. The van der Waals surface area contributed by atoms with Gasteiger partial charge in [-0.2, -0.15) is 5.26 Å². The van der Waals surface area contributed by atoms with Crippen LogP contribution in [0, 0.1) is 17.2 Å². The number of aliphatic imine (C=N–C) groups is 1. The van der Waals surface area contributed by atoms with Gasteiger partial charge in [0.15, 0.2) is 0 Å². The smallest absolute Gasteiger partial charge is 0.410 e. The molecule has 0 aromatic carbocycles. The number of rotatable bonds is 11. The molecule has 1 saturated heterocycles. The van der Waals surface area contributed by atoms with Gasteiger partial charge in [0.2, 0.25) is 0 Å². The molecule has 252 valence electrons. The lowest BCUT2D eigenvalue weighted by atomic mass is 9.95. The molecule has 2 aliphatic rings. The Labute approximate surface area is 277 Å². The van der Waals surface area contributed by atoms with E-state index in [1.54, 1.807) is 0 Å². The zero-order chi connectivity index (χ0) is 34.4. The van der Waals surface area contributed by atoms with E-state index in [0.717, 1.165) is 50.1 Å². The predicted octanol–water partition coefficient (Wildman–Crippen LogP) is 10.7. The molecule has 1 aliphatic carbocycles. The molecule has 1 amide bonds. The molecule has 0 bridgehead atoms. The van der Waals surface area contributed by atoms with Crippen molar-refractivity contribution in [3.63, 3.8) is 0 Å². The van der Waals surface area contributed by atoms with Gasteiger partial charge in [-0.05, 0) is 104 Å². The molecule has 0 spiro atoms. The number of nitrogens with zero attached hydrogens (tertiary/aromatic N) is 4. The van der Waals surface area contributed by atoms with Gasteiger partial charge >= 0.3 is 6.09 Å². The second-order valence-corrected chi connectivity index (χ2v) is 12.3. The van der Waals surface area contributed by atoms with Crippen LogP contribution in [0.25, 0.3) is 0 Å². The Bertz CT molecular complexity index is 1140. The molecule has 0 atom stereocenters. The van der Waals surface area contributed by atoms with Crippen molar-refractivity contribution in [1.82, 2.24) is 9.80 Å². The maximum absolute atomic E-state index is 12.4. The molecular weight excluding hydrogens is 556 g/mol. The standard InChI is InChI=1S/C24H39N3O2.C13H19N.C2H6/c1-8-10-13-25-18(3)22(21(9-2)20-11-12-20)19(4)26-14-16-27(17-15-26)23(28)29-24(5,6)7;1-4-6-7-9-13(11-14)10-12(3)8-5-2;1-2/h9-10,13,20H,8,11-12,14-17H2,1-7H3;6-7,9-10H,4-5,8H2,1-3H3;1-2H3/b13-10+,21-9-,22-19-,25-18+;7-6+,12-10+,13-9+;. The SMILES string of the molecule is CC.CC/C=C/C=C(C#N)\C=C(/C)CCC.C\C=C(C(/C(C)=N/C=C/CC)=C(/C)N1CCN(C(=O)OC(C)(C)C)CC1)\C1CC1. The summed E-state index contributed by atoms with van der Waals surface area (Å²) in [4.78, 5) is 21.3. The molecule has 0 N–H and O–H groups in total. The predicted molar refractivity (Wildman–Crippen MR) is 194 cm³/mol. The van der Waals surface area contributed by atoms with Crippen molar-refractivity contribution in [2.75, 3.05) is 26.2 Å². The Balaban J connectivity index is 0.00000102. The van der Waals surface area contributed by atoms with Crippen molar-refractivity contribution >= 4 is 11.8 Å². The van der Waals surface area contributed by atoms with Crippen LogP contribution in [0.5, 0.6) is 0 Å². The van der Waals surface area contributed by atoms with E-state index < -0.39 is 5.60 Å². The first-order valence-electron chi connectivity index (χ1n) is 17.2. The minimum atomic E-state index is -0.456. The van der Waals surface area contributed by atoms with E-state index in [2.05, 4.69) is 71.6 Å². The van der Waals surface area contributed by atoms with Gasteiger partial charge in [0.1, 0.15) is 5.60 Å². The molecule has 2 rings (SSSR count). The van der Waals surface area contributed by atoms with Gasteiger partial charge in [0.05, 0.1) is 11.6 Å². The van der Waals surface area contributed by atoms with Crippen molar-refractivity contribution in [3.05, 3.63) is 70.6 Å². The summed E-state index contributed by atoms with van der Waals surface area (Å²) < 4.78 is 5.53. The second-order valence-electron chi connectivity index (χ2n) is 12.3. The van der Waals surface area contributed by atoms with Gasteiger partial charge in [0, 0.05) is 49.4 Å². The van der Waals surface area contributed by atoms with Crippen LogP contribution >= 0.6 is 0 Å². The summed E-state index contributed by atoms with van der Waals surface area (Å²) in [5, 5.41) is 8.85. The van der Waals surface area contributed by atoms with Gasteiger partial charge < -0.3 is 14.5 Å². The minimum Gasteiger partial charge on any atom is -0.444 e. The molecule has 2 fully saturated rings. The summed E-state index contributed by atoms with van der Waals surface area (Å²) in [6, 6.07) is 2.18. The summed E-state index contributed by atoms with van der Waals surface area (Å²) in [6.07, 6.45) is 20.6. The lowest BCUT2D eigenvalue weighted by molar-refractivity contribution is 0.0168. The molecule has 1 aliphatic heterocycles. The zero-order valence-corrected chi connectivity index (χ0v) is 30.8. The Morgan fingerprint density at radius 3 is 2.02 bits per heavy atom. The van der Waals surface area contributed by atoms with Crippen LogP contribution in [0.1, 0.15) is 122 Å². The van der Waals surface area contributed by atoms with Crippen LogP contribution in [0.15, 0.2) is 75.6 Å². The topological polar surface area (TPSA) is 68.9 Å². The first-order valence-corrected chi connectivity index (χ1v) is 17.2. The fraction of sp³-hybridized carbons (Fsp3) is 0.615. The van der Waals surface area contributed by atoms with E-state index in [9.17, 15) is 4.79 Å². The zero-order valence-electron chi connectivity index (χ0n) is 30.8. The third-order valence-electron chi connectivity index (χ3n) is 7.18. The number of amides is 1. The van der Waals surface area contributed by atoms with Crippen molar-refractivity contribution in [2.45, 2.75) is 127 Å². The molecular formula is C39H64N4O2. The van der Waals surface area contributed by atoms with E-state index in [1.165, 1.54) is 35.3 Å². The van der Waals surface area contributed by atoms with E-state index in [1.807, 2.05) is 70.0 Å². The third-order valence-corrected chi connectivity index (χ3v) is 7.18. The number of hydrogen-bond donors (Lipinski definition) is 0. The van der Waals surface area contributed by atoms with Crippen LogP contribution in [0.2, 0.25) is 0 Å². The highest BCUT2D eigenvalue weighted by Gasteiger charge is 2.32. The highest BCUT2D eigenvalue weighted by molar-refractivity contribution is 6.03. The lowest BCUT2D eigenvalue weighted by Gasteiger charge is -2.38. The maximum Gasteiger partial charge on any atom is 0.410 e. The summed E-state index contributed by atoms with van der Waals surface area (Å²) in [5.74, 6) is 0.660. The number of nitriles is 1. The average molecular weight is 621 g/mol. The van der Waals surface area contributed by atoms with E-state index in [4.69, 9.17) is 15.0 Å². The fourth-order valence-electron chi connectivity index (χ4n) is 4.86. The Morgan fingerprint density at radius 2 is 1.56 bits per heavy atom. The molecule has 1 heterocycles. The first kappa shape index (κ1) is 41.7. The quantitative estimate of drug-likeness (QED) is 0.131. The Kier molecular flexibility index (Phi) is 21.4. The number of carbonyl (C=O) groups excluding carboxylic acids is 1. The summed E-state index contributed by atoms with van der Waals surface area (Å²) in [7, 11) is 0. The summed E-state index contributed by atoms with van der Waals surface area (Å²) >= 11 is 0. The Hall–Kier alpha value is -3.33. The molecule has 6 heteroatoms. The highest BCUT2D eigenvalue weighted by Crippen LogP contribution is 2.41. The molecule has 0 unspecified atom stereocenters. The molecule has 45 heavy (non-hydrogen) atoms. The van der Waals surface area contributed by atoms with Crippen LogP contribution < -0.4 is 0 Å². The van der Waals surface area contributed by atoms with Crippen LogP contribution in [0.4, 0.5) is 4.79 Å². The minimum absolute atomic E-state index is 0.214.